The molecule has 1 nitrogen and oxygen atoms in total. The summed E-state index contributed by atoms with van der Waals surface area (Å²) in [4.78, 5) is 0. The van der Waals surface area contributed by atoms with E-state index in [1.54, 1.807) is 12.1 Å². The van der Waals surface area contributed by atoms with Crippen LogP contribution in [0, 0.1) is 5.82 Å². The first-order valence-corrected chi connectivity index (χ1v) is 6.46. The predicted molar refractivity (Wildman–Crippen MR) is 65.8 cm³/mol. The normalized spacial score (nSPS) is 10.5. The van der Waals surface area contributed by atoms with Crippen LogP contribution in [0.4, 0.5) is 4.39 Å². The van der Waals surface area contributed by atoms with Gasteiger partial charge in [-0.1, -0.05) is 34.5 Å². The zero-order chi connectivity index (χ0) is 10.9. The van der Waals surface area contributed by atoms with Crippen molar-refractivity contribution in [1.29, 1.82) is 0 Å². The van der Waals surface area contributed by atoms with Gasteiger partial charge >= 0.3 is 0 Å². The summed E-state index contributed by atoms with van der Waals surface area (Å²) >= 11 is 3.40. The van der Waals surface area contributed by atoms with Crippen molar-refractivity contribution >= 4 is 15.9 Å². The predicted octanol–water partition coefficient (Wildman–Crippen LogP) is 3.48. The summed E-state index contributed by atoms with van der Waals surface area (Å²) in [7, 11) is 0. The number of alkyl halides is 1. The Kier molecular flexibility index (Phi) is 6.60. The fourth-order valence-corrected chi connectivity index (χ4v) is 1.80. The van der Waals surface area contributed by atoms with Crippen LogP contribution in [-0.4, -0.2) is 11.9 Å². The summed E-state index contributed by atoms with van der Waals surface area (Å²) in [6, 6.07) is 6.73. The van der Waals surface area contributed by atoms with E-state index in [0.29, 0.717) is 0 Å². The monoisotopic (exact) mass is 273 g/mol. The van der Waals surface area contributed by atoms with Crippen LogP contribution in [0.5, 0.6) is 0 Å². The highest BCUT2D eigenvalue weighted by Crippen LogP contribution is 2.03. The minimum absolute atomic E-state index is 0.159. The van der Waals surface area contributed by atoms with Crippen LogP contribution in [0.1, 0.15) is 24.8 Å². The van der Waals surface area contributed by atoms with Gasteiger partial charge in [-0.2, -0.15) is 0 Å². The Labute approximate surface area is 99.2 Å². The van der Waals surface area contributed by atoms with E-state index in [1.807, 2.05) is 6.07 Å². The molecule has 1 N–H and O–H groups in total. The Morgan fingerprint density at radius 1 is 1.20 bits per heavy atom. The quantitative estimate of drug-likeness (QED) is 0.593. The van der Waals surface area contributed by atoms with Gasteiger partial charge in [-0.3, -0.25) is 0 Å². The lowest BCUT2D eigenvalue weighted by molar-refractivity contribution is 0.606. The molecule has 0 fully saturated rings. The molecule has 0 aliphatic heterocycles. The molecule has 0 heterocycles. The van der Waals surface area contributed by atoms with Crippen molar-refractivity contribution in [1.82, 2.24) is 5.32 Å². The van der Waals surface area contributed by atoms with E-state index in [0.717, 1.165) is 24.0 Å². The van der Waals surface area contributed by atoms with E-state index >= 15 is 0 Å². The first-order valence-electron chi connectivity index (χ1n) is 5.34. The Hall–Kier alpha value is -0.410. The smallest absolute Gasteiger partial charge is 0.123 e. The number of halogens is 2. The highest BCUT2D eigenvalue weighted by Gasteiger charge is 1.94. The van der Waals surface area contributed by atoms with Gasteiger partial charge in [-0.15, -0.1) is 0 Å². The second-order valence-electron chi connectivity index (χ2n) is 3.56. The van der Waals surface area contributed by atoms with Gasteiger partial charge < -0.3 is 5.32 Å². The van der Waals surface area contributed by atoms with Gasteiger partial charge in [0.1, 0.15) is 5.82 Å². The van der Waals surface area contributed by atoms with Gasteiger partial charge in [-0.05, 0) is 37.1 Å². The highest BCUT2D eigenvalue weighted by atomic mass is 79.9. The van der Waals surface area contributed by atoms with Crippen molar-refractivity contribution in [3.63, 3.8) is 0 Å². The second-order valence-corrected chi connectivity index (χ2v) is 4.35. The van der Waals surface area contributed by atoms with Crippen molar-refractivity contribution in [3.8, 4) is 0 Å². The molecule has 0 radical (unpaired) electrons. The van der Waals surface area contributed by atoms with Crippen molar-refractivity contribution in [2.24, 2.45) is 0 Å². The number of hydrogen-bond acceptors (Lipinski definition) is 1. The van der Waals surface area contributed by atoms with Crippen LogP contribution in [0.2, 0.25) is 0 Å². The lowest BCUT2D eigenvalue weighted by Gasteiger charge is -2.04. The molecule has 1 aromatic rings. The molecule has 0 aliphatic carbocycles. The number of rotatable bonds is 7. The van der Waals surface area contributed by atoms with Crippen LogP contribution in [0.3, 0.4) is 0 Å². The average Bonchev–Trinajstić information content (AvgIpc) is 2.23. The van der Waals surface area contributed by atoms with Crippen LogP contribution < -0.4 is 5.32 Å². The lowest BCUT2D eigenvalue weighted by atomic mass is 10.2. The Morgan fingerprint density at radius 2 is 2.07 bits per heavy atom. The molecular formula is C12H17BrFN. The van der Waals surface area contributed by atoms with E-state index < -0.39 is 0 Å². The number of unbranched alkanes of at least 4 members (excludes halogenated alkanes) is 2. The van der Waals surface area contributed by atoms with E-state index in [4.69, 9.17) is 0 Å². The van der Waals surface area contributed by atoms with E-state index in [1.165, 1.54) is 25.3 Å². The third-order valence-corrected chi connectivity index (χ3v) is 2.77. The van der Waals surface area contributed by atoms with Gasteiger partial charge in [-0.25, -0.2) is 4.39 Å². The maximum atomic E-state index is 12.8. The first-order chi connectivity index (χ1) is 7.33. The molecule has 0 atom stereocenters. The standard InChI is InChI=1S/C12H17BrFN/c13-7-2-1-3-8-15-10-11-5-4-6-12(14)9-11/h4-6,9,15H,1-3,7-8,10H2. The molecule has 0 aromatic heterocycles. The summed E-state index contributed by atoms with van der Waals surface area (Å²) in [5.41, 5.74) is 1.01. The minimum atomic E-state index is -0.159. The average molecular weight is 274 g/mol. The fraction of sp³-hybridized carbons (Fsp3) is 0.500. The zero-order valence-electron chi connectivity index (χ0n) is 8.81. The van der Waals surface area contributed by atoms with Gasteiger partial charge in [0.05, 0.1) is 0 Å². The number of benzene rings is 1. The molecule has 15 heavy (non-hydrogen) atoms. The third-order valence-electron chi connectivity index (χ3n) is 2.21. The number of hydrogen-bond donors (Lipinski definition) is 1. The summed E-state index contributed by atoms with van der Waals surface area (Å²) in [6.45, 7) is 1.76. The molecule has 0 unspecified atom stereocenters. The fourth-order valence-electron chi connectivity index (χ4n) is 1.40. The maximum absolute atomic E-state index is 12.8. The Bertz CT molecular complexity index is 278. The molecule has 0 spiro atoms. The molecule has 84 valence electrons. The second kappa shape index (κ2) is 7.83. The zero-order valence-corrected chi connectivity index (χ0v) is 10.4. The topological polar surface area (TPSA) is 12.0 Å². The molecule has 1 rings (SSSR count). The Morgan fingerprint density at radius 3 is 2.80 bits per heavy atom. The van der Waals surface area contributed by atoms with Gasteiger partial charge in [0.25, 0.3) is 0 Å². The van der Waals surface area contributed by atoms with Crippen LogP contribution in [0.25, 0.3) is 0 Å². The SMILES string of the molecule is Fc1cccc(CNCCCCCBr)c1. The van der Waals surface area contributed by atoms with Crippen LogP contribution in [-0.2, 0) is 6.54 Å². The maximum Gasteiger partial charge on any atom is 0.123 e. The van der Waals surface area contributed by atoms with Crippen molar-refractivity contribution in [2.75, 3.05) is 11.9 Å². The highest BCUT2D eigenvalue weighted by molar-refractivity contribution is 9.09. The molecule has 1 aromatic carbocycles. The summed E-state index contributed by atoms with van der Waals surface area (Å²) < 4.78 is 12.8. The molecule has 0 bridgehead atoms. The van der Waals surface area contributed by atoms with Gasteiger partial charge in [0, 0.05) is 11.9 Å². The van der Waals surface area contributed by atoms with Gasteiger partial charge in [0.2, 0.25) is 0 Å². The molecule has 0 aliphatic rings. The lowest BCUT2D eigenvalue weighted by Crippen LogP contribution is -2.14. The minimum Gasteiger partial charge on any atom is -0.313 e. The van der Waals surface area contributed by atoms with E-state index in [2.05, 4.69) is 21.2 Å². The van der Waals surface area contributed by atoms with Crippen LogP contribution in [0.15, 0.2) is 24.3 Å². The van der Waals surface area contributed by atoms with Crippen molar-refractivity contribution in [2.45, 2.75) is 25.8 Å². The summed E-state index contributed by atoms with van der Waals surface area (Å²) in [5, 5.41) is 4.39. The van der Waals surface area contributed by atoms with E-state index in [9.17, 15) is 4.39 Å². The van der Waals surface area contributed by atoms with Crippen LogP contribution >= 0.6 is 15.9 Å². The van der Waals surface area contributed by atoms with Gasteiger partial charge in [0.15, 0.2) is 0 Å². The molecule has 0 amide bonds. The Balaban J connectivity index is 2.10. The van der Waals surface area contributed by atoms with Crippen molar-refractivity contribution < 1.29 is 4.39 Å². The van der Waals surface area contributed by atoms with Crippen molar-refractivity contribution in [3.05, 3.63) is 35.6 Å². The first kappa shape index (κ1) is 12.7. The van der Waals surface area contributed by atoms with E-state index in [-0.39, 0.29) is 5.82 Å². The largest absolute Gasteiger partial charge is 0.313 e. The summed E-state index contributed by atoms with van der Waals surface area (Å²) in [5.74, 6) is -0.159. The molecule has 3 heteroatoms. The number of nitrogens with one attached hydrogen (secondary N) is 1. The third kappa shape index (κ3) is 5.90. The molecule has 0 saturated carbocycles. The molecule has 0 saturated heterocycles. The molecular weight excluding hydrogens is 257 g/mol. The summed E-state index contributed by atoms with van der Waals surface area (Å²) in [6.07, 6.45) is 3.64.